The molecule has 2 atom stereocenters. The number of hydrogen-bond donors (Lipinski definition) is 1. The summed E-state index contributed by atoms with van der Waals surface area (Å²) in [5.74, 6) is -1.20. The number of nitrogens with zero attached hydrogens (tertiary/aromatic N) is 2. The van der Waals surface area contributed by atoms with Crippen LogP contribution in [-0.4, -0.2) is 52.1 Å². The number of rotatable bonds is 3. The van der Waals surface area contributed by atoms with E-state index < -0.39 is 11.9 Å². The van der Waals surface area contributed by atoms with Crippen LogP contribution < -0.4 is 0 Å². The van der Waals surface area contributed by atoms with Crippen LogP contribution in [0.2, 0.25) is 0 Å². The number of hydrogen-bond acceptors (Lipinski definition) is 2. The number of likely N-dealkylation sites (tertiary alicyclic amines) is 1. The third-order valence-corrected chi connectivity index (χ3v) is 3.89. The van der Waals surface area contributed by atoms with Crippen LogP contribution >= 0.6 is 0 Å². The molecule has 1 heterocycles. The maximum atomic E-state index is 12.3. The van der Waals surface area contributed by atoms with E-state index in [0.29, 0.717) is 25.6 Å². The topological polar surface area (TPSA) is 60.9 Å². The van der Waals surface area contributed by atoms with Crippen LogP contribution in [-0.2, 0) is 4.79 Å². The zero-order valence-corrected chi connectivity index (χ0v) is 10.4. The molecular formula is C12H20N2O3. The average Bonchev–Trinajstić information content (AvgIpc) is 3.02. The fourth-order valence-corrected chi connectivity index (χ4v) is 2.64. The molecule has 1 aliphatic carbocycles. The van der Waals surface area contributed by atoms with E-state index >= 15 is 0 Å². The summed E-state index contributed by atoms with van der Waals surface area (Å²) in [6, 6.07) is 0.225. The Balaban J connectivity index is 2.02. The lowest BCUT2D eigenvalue weighted by atomic mass is 10.0. The van der Waals surface area contributed by atoms with Gasteiger partial charge in [-0.2, -0.15) is 0 Å². The lowest BCUT2D eigenvalue weighted by Crippen LogP contribution is -2.47. The predicted molar refractivity (Wildman–Crippen MR) is 62.7 cm³/mol. The molecule has 2 unspecified atom stereocenters. The molecule has 0 bridgehead atoms. The molecule has 0 aromatic heterocycles. The number of amides is 2. The Bertz CT molecular complexity index is 328. The van der Waals surface area contributed by atoms with E-state index in [1.54, 1.807) is 4.90 Å². The highest BCUT2D eigenvalue weighted by molar-refractivity contribution is 5.78. The highest BCUT2D eigenvalue weighted by Gasteiger charge is 2.42. The van der Waals surface area contributed by atoms with Crippen molar-refractivity contribution in [3.8, 4) is 0 Å². The Morgan fingerprint density at radius 3 is 2.41 bits per heavy atom. The average molecular weight is 240 g/mol. The maximum absolute atomic E-state index is 12.3. The first-order chi connectivity index (χ1) is 8.06. The molecule has 17 heavy (non-hydrogen) atoms. The van der Waals surface area contributed by atoms with Gasteiger partial charge in [0.15, 0.2) is 0 Å². The first kappa shape index (κ1) is 12.2. The van der Waals surface area contributed by atoms with E-state index in [1.807, 2.05) is 18.7 Å². The summed E-state index contributed by atoms with van der Waals surface area (Å²) in [6.07, 6.45) is 2.75. The minimum atomic E-state index is -0.790. The predicted octanol–water partition coefficient (Wildman–Crippen LogP) is 1.39. The molecular weight excluding hydrogens is 220 g/mol. The first-order valence-electron chi connectivity index (χ1n) is 6.36. The Morgan fingerprint density at radius 2 is 2.00 bits per heavy atom. The van der Waals surface area contributed by atoms with Crippen molar-refractivity contribution in [3.05, 3.63) is 0 Å². The molecule has 1 aliphatic heterocycles. The molecule has 0 radical (unpaired) electrons. The van der Waals surface area contributed by atoms with Crippen LogP contribution in [0.1, 0.15) is 33.1 Å². The quantitative estimate of drug-likeness (QED) is 0.810. The number of carbonyl (C=O) groups is 2. The maximum Gasteiger partial charge on any atom is 0.320 e. The van der Waals surface area contributed by atoms with Crippen molar-refractivity contribution < 1.29 is 14.7 Å². The van der Waals surface area contributed by atoms with Crippen LogP contribution in [0.3, 0.4) is 0 Å². The molecule has 1 saturated heterocycles. The van der Waals surface area contributed by atoms with Gasteiger partial charge in [-0.25, -0.2) is 4.79 Å². The Morgan fingerprint density at radius 1 is 1.35 bits per heavy atom. The fraction of sp³-hybridized carbons (Fsp3) is 0.833. The van der Waals surface area contributed by atoms with Gasteiger partial charge in [0.2, 0.25) is 0 Å². The molecule has 0 spiro atoms. The molecule has 5 heteroatoms. The van der Waals surface area contributed by atoms with Gasteiger partial charge < -0.3 is 14.9 Å². The largest absolute Gasteiger partial charge is 0.481 e. The fourth-order valence-electron chi connectivity index (χ4n) is 2.64. The number of urea groups is 1. The summed E-state index contributed by atoms with van der Waals surface area (Å²) >= 11 is 0. The minimum Gasteiger partial charge on any atom is -0.481 e. The van der Waals surface area contributed by atoms with Gasteiger partial charge in [0.05, 0.1) is 5.92 Å². The Labute approximate surface area is 101 Å². The first-order valence-corrected chi connectivity index (χ1v) is 6.36. The van der Waals surface area contributed by atoms with Crippen molar-refractivity contribution in [2.75, 3.05) is 13.1 Å². The van der Waals surface area contributed by atoms with E-state index in [1.165, 1.54) is 0 Å². The van der Waals surface area contributed by atoms with Crippen LogP contribution in [0, 0.1) is 5.92 Å². The SMILES string of the molecule is CCN(C(=O)N1CCC(C(=O)O)C1C)C1CC1. The highest BCUT2D eigenvalue weighted by atomic mass is 16.4. The van der Waals surface area contributed by atoms with E-state index in [4.69, 9.17) is 5.11 Å². The smallest absolute Gasteiger partial charge is 0.320 e. The monoisotopic (exact) mass is 240 g/mol. The molecule has 2 aliphatic rings. The van der Waals surface area contributed by atoms with Gasteiger partial charge in [0.25, 0.3) is 0 Å². The van der Waals surface area contributed by atoms with E-state index in [-0.39, 0.29) is 12.1 Å². The number of carbonyl (C=O) groups excluding carboxylic acids is 1. The van der Waals surface area contributed by atoms with Crippen molar-refractivity contribution in [3.63, 3.8) is 0 Å². The zero-order valence-electron chi connectivity index (χ0n) is 10.4. The molecule has 1 saturated carbocycles. The second kappa shape index (κ2) is 4.55. The zero-order chi connectivity index (χ0) is 12.6. The van der Waals surface area contributed by atoms with Crippen LogP contribution in [0.15, 0.2) is 0 Å². The van der Waals surface area contributed by atoms with Crippen molar-refractivity contribution in [1.82, 2.24) is 9.80 Å². The van der Waals surface area contributed by atoms with Crippen molar-refractivity contribution in [1.29, 1.82) is 0 Å². The minimum absolute atomic E-state index is 0.0197. The molecule has 0 aromatic carbocycles. The lowest BCUT2D eigenvalue weighted by molar-refractivity contribution is -0.142. The van der Waals surface area contributed by atoms with Gasteiger partial charge in [-0.1, -0.05) is 0 Å². The second-order valence-corrected chi connectivity index (χ2v) is 4.97. The summed E-state index contributed by atoms with van der Waals surface area (Å²) in [5, 5.41) is 9.05. The van der Waals surface area contributed by atoms with E-state index in [0.717, 1.165) is 12.8 Å². The summed E-state index contributed by atoms with van der Waals surface area (Å²) in [4.78, 5) is 26.9. The molecule has 2 amide bonds. The summed E-state index contributed by atoms with van der Waals surface area (Å²) in [7, 11) is 0. The third-order valence-electron chi connectivity index (χ3n) is 3.89. The molecule has 2 fully saturated rings. The van der Waals surface area contributed by atoms with Crippen LogP contribution in [0.4, 0.5) is 4.79 Å². The van der Waals surface area contributed by atoms with E-state index in [9.17, 15) is 9.59 Å². The Hall–Kier alpha value is -1.26. The lowest BCUT2D eigenvalue weighted by Gasteiger charge is -2.30. The van der Waals surface area contributed by atoms with Gasteiger partial charge >= 0.3 is 12.0 Å². The standard InChI is InChI=1S/C12H20N2O3/c1-3-13(9-4-5-9)12(17)14-7-6-10(8(14)2)11(15)16/h8-10H,3-7H2,1-2H3,(H,15,16). The van der Waals surface area contributed by atoms with Gasteiger partial charge in [0.1, 0.15) is 0 Å². The summed E-state index contributed by atoms with van der Waals surface area (Å²) < 4.78 is 0. The molecule has 1 N–H and O–H groups in total. The molecule has 5 nitrogen and oxygen atoms in total. The van der Waals surface area contributed by atoms with Gasteiger partial charge in [-0.05, 0) is 33.1 Å². The van der Waals surface area contributed by atoms with Crippen LogP contribution in [0.5, 0.6) is 0 Å². The van der Waals surface area contributed by atoms with Crippen molar-refractivity contribution in [2.45, 2.75) is 45.2 Å². The third kappa shape index (κ3) is 2.23. The Kier molecular flexibility index (Phi) is 3.26. The van der Waals surface area contributed by atoms with Crippen molar-refractivity contribution >= 4 is 12.0 Å². The van der Waals surface area contributed by atoms with Gasteiger partial charge in [0, 0.05) is 25.2 Å². The molecule has 96 valence electrons. The van der Waals surface area contributed by atoms with Gasteiger partial charge in [-0.15, -0.1) is 0 Å². The molecule has 0 aromatic rings. The van der Waals surface area contributed by atoms with Gasteiger partial charge in [-0.3, -0.25) is 4.79 Å². The highest BCUT2D eigenvalue weighted by Crippen LogP contribution is 2.31. The number of carboxylic acid groups (broad SMARTS) is 1. The summed E-state index contributed by atoms with van der Waals surface area (Å²) in [5.41, 5.74) is 0. The summed E-state index contributed by atoms with van der Waals surface area (Å²) in [6.45, 7) is 5.10. The van der Waals surface area contributed by atoms with Crippen molar-refractivity contribution in [2.24, 2.45) is 5.92 Å². The number of aliphatic carboxylic acids is 1. The molecule has 2 rings (SSSR count). The number of carboxylic acids is 1. The van der Waals surface area contributed by atoms with E-state index in [2.05, 4.69) is 0 Å². The second-order valence-electron chi connectivity index (χ2n) is 4.97. The van der Waals surface area contributed by atoms with Crippen LogP contribution in [0.25, 0.3) is 0 Å². The normalized spacial score (nSPS) is 28.2.